The van der Waals surface area contributed by atoms with Crippen molar-refractivity contribution in [1.29, 1.82) is 0 Å². The predicted octanol–water partition coefficient (Wildman–Crippen LogP) is 4.02. The molecule has 0 heterocycles. The minimum atomic E-state index is -3.21. The van der Waals surface area contributed by atoms with E-state index in [9.17, 15) is 23.2 Å². The van der Waals surface area contributed by atoms with E-state index in [1.54, 1.807) is 6.92 Å². The summed E-state index contributed by atoms with van der Waals surface area (Å²) in [6.45, 7) is 1.36. The van der Waals surface area contributed by atoms with Crippen molar-refractivity contribution in [2.75, 3.05) is 19.7 Å². The Morgan fingerprint density at radius 2 is 1.63 bits per heavy atom. The Morgan fingerprint density at radius 3 is 2.23 bits per heavy atom. The molecule has 35 heavy (non-hydrogen) atoms. The Bertz CT molecular complexity index is 1080. The Kier molecular flexibility index (Phi) is 7.05. The number of nitrogens with one attached hydrogen (secondary N) is 2. The van der Waals surface area contributed by atoms with Crippen molar-refractivity contribution in [3.8, 4) is 11.1 Å². The van der Waals surface area contributed by atoms with Gasteiger partial charge in [-0.05, 0) is 35.1 Å². The first-order chi connectivity index (χ1) is 16.7. The highest BCUT2D eigenvalue weighted by Gasteiger charge is 2.71. The molecular weight excluding hydrogens is 458 g/mol. The number of hydrogen-bond acceptors (Lipinski definition) is 4. The minimum absolute atomic E-state index is 0.0690. The number of aliphatic carboxylic acids is 1. The third-order valence-corrected chi connectivity index (χ3v) is 6.83. The van der Waals surface area contributed by atoms with Gasteiger partial charge in [0.15, 0.2) is 0 Å². The topological polar surface area (TPSA) is 105 Å². The molecule has 0 bridgehead atoms. The van der Waals surface area contributed by atoms with Crippen LogP contribution in [0.1, 0.15) is 36.8 Å². The molecule has 7 nitrogen and oxygen atoms in total. The van der Waals surface area contributed by atoms with Gasteiger partial charge < -0.3 is 20.5 Å². The third kappa shape index (κ3) is 5.13. The predicted molar refractivity (Wildman–Crippen MR) is 124 cm³/mol. The number of fused-ring (bicyclic) bond motifs is 3. The van der Waals surface area contributed by atoms with Crippen LogP contribution in [0.4, 0.5) is 13.6 Å². The van der Waals surface area contributed by atoms with E-state index in [2.05, 4.69) is 10.6 Å². The summed E-state index contributed by atoms with van der Waals surface area (Å²) < 4.78 is 33.6. The highest BCUT2D eigenvalue weighted by Crippen LogP contribution is 2.55. The largest absolute Gasteiger partial charge is 0.481 e. The summed E-state index contributed by atoms with van der Waals surface area (Å²) in [6.07, 6.45) is -0.0970. The van der Waals surface area contributed by atoms with Crippen molar-refractivity contribution in [3.05, 3.63) is 59.7 Å². The second-order valence-corrected chi connectivity index (χ2v) is 9.14. The molecule has 0 spiro atoms. The maximum Gasteiger partial charge on any atom is 0.407 e. The van der Waals surface area contributed by atoms with Gasteiger partial charge in [-0.2, -0.15) is 0 Å². The minimum Gasteiger partial charge on any atom is -0.481 e. The lowest BCUT2D eigenvalue weighted by atomic mass is 9.98. The molecule has 3 N–H and O–H groups in total. The van der Waals surface area contributed by atoms with Crippen LogP contribution >= 0.6 is 0 Å². The first-order valence-corrected chi connectivity index (χ1v) is 11.7. The van der Waals surface area contributed by atoms with Crippen LogP contribution in [-0.2, 0) is 14.3 Å². The van der Waals surface area contributed by atoms with Gasteiger partial charge >= 0.3 is 12.1 Å². The van der Waals surface area contributed by atoms with E-state index in [1.165, 1.54) is 0 Å². The fraction of sp³-hybridized carbons (Fsp3) is 0.423. The standard InChI is InChI=1S/C26H28F2N2O5/c1-15(24(32)33)7-6-12-29-23(31)22-21(26(22,27)28)13-30-25(34)35-14-20-18-10-4-2-8-16(18)17-9-3-5-11-19(17)20/h2-5,8-11,15,20-22H,6-7,12-14H2,1H3,(H,29,31)(H,30,34)(H,32,33). The molecule has 2 aromatic carbocycles. The molecule has 0 aromatic heterocycles. The smallest absolute Gasteiger partial charge is 0.407 e. The van der Waals surface area contributed by atoms with E-state index in [1.807, 2.05) is 48.5 Å². The van der Waals surface area contributed by atoms with Crippen LogP contribution in [0.15, 0.2) is 48.5 Å². The summed E-state index contributed by atoms with van der Waals surface area (Å²) in [7, 11) is 0. The lowest BCUT2D eigenvalue weighted by Gasteiger charge is -2.14. The molecule has 4 rings (SSSR count). The summed E-state index contributed by atoms with van der Waals surface area (Å²) >= 11 is 0. The number of carbonyl (C=O) groups excluding carboxylic acids is 2. The number of rotatable bonds is 10. The second kappa shape index (κ2) is 10.0. The SMILES string of the molecule is CC(CCCNC(=O)C1C(CNC(=O)OCC2c3ccccc3-c3ccccc32)C1(F)F)C(=O)O. The van der Waals surface area contributed by atoms with Crippen molar-refractivity contribution in [3.63, 3.8) is 0 Å². The maximum atomic E-state index is 14.1. The Morgan fingerprint density at radius 1 is 1.03 bits per heavy atom. The maximum absolute atomic E-state index is 14.1. The average molecular weight is 487 g/mol. The van der Waals surface area contributed by atoms with Gasteiger partial charge in [-0.15, -0.1) is 0 Å². The third-order valence-electron chi connectivity index (χ3n) is 6.83. The lowest BCUT2D eigenvalue weighted by Crippen LogP contribution is -2.31. The number of carboxylic acid groups (broad SMARTS) is 1. The number of ether oxygens (including phenoxy) is 1. The van der Waals surface area contributed by atoms with Gasteiger partial charge in [-0.1, -0.05) is 55.5 Å². The summed E-state index contributed by atoms with van der Waals surface area (Å²) in [5, 5.41) is 13.7. The van der Waals surface area contributed by atoms with Crippen molar-refractivity contribution >= 4 is 18.0 Å². The first kappa shape index (κ1) is 24.6. The molecule has 0 aliphatic heterocycles. The van der Waals surface area contributed by atoms with Crippen LogP contribution in [0.2, 0.25) is 0 Å². The van der Waals surface area contributed by atoms with E-state index >= 15 is 0 Å². The normalized spacial score (nSPS) is 20.3. The van der Waals surface area contributed by atoms with Crippen molar-refractivity contribution in [2.45, 2.75) is 31.6 Å². The van der Waals surface area contributed by atoms with Crippen LogP contribution < -0.4 is 10.6 Å². The zero-order valence-corrected chi connectivity index (χ0v) is 19.3. The fourth-order valence-corrected chi connectivity index (χ4v) is 4.70. The van der Waals surface area contributed by atoms with Gasteiger partial charge in [0.25, 0.3) is 5.92 Å². The number of carbonyl (C=O) groups is 3. The van der Waals surface area contributed by atoms with E-state index < -0.39 is 41.6 Å². The number of amides is 2. The highest BCUT2D eigenvalue weighted by molar-refractivity contribution is 5.84. The number of hydrogen-bond donors (Lipinski definition) is 3. The molecule has 3 atom stereocenters. The molecule has 0 saturated heterocycles. The zero-order valence-electron chi connectivity index (χ0n) is 19.3. The second-order valence-electron chi connectivity index (χ2n) is 9.14. The molecule has 2 aromatic rings. The van der Waals surface area contributed by atoms with Crippen molar-refractivity contribution in [1.82, 2.24) is 10.6 Å². The van der Waals surface area contributed by atoms with Crippen LogP contribution in [0.3, 0.4) is 0 Å². The molecule has 0 radical (unpaired) electrons. The lowest BCUT2D eigenvalue weighted by molar-refractivity contribution is -0.141. The first-order valence-electron chi connectivity index (χ1n) is 11.7. The summed E-state index contributed by atoms with van der Waals surface area (Å²) in [6, 6.07) is 15.7. The highest BCUT2D eigenvalue weighted by atomic mass is 19.3. The molecule has 1 fully saturated rings. The Labute approximate surface area is 201 Å². The van der Waals surface area contributed by atoms with E-state index in [0.717, 1.165) is 22.3 Å². The van der Waals surface area contributed by atoms with Gasteiger partial charge in [-0.25, -0.2) is 13.6 Å². The molecule has 2 aliphatic carbocycles. The van der Waals surface area contributed by atoms with Gasteiger partial charge in [0.05, 0.1) is 11.8 Å². The van der Waals surface area contributed by atoms with Crippen molar-refractivity contribution in [2.24, 2.45) is 17.8 Å². The summed E-state index contributed by atoms with van der Waals surface area (Å²) in [4.78, 5) is 35.2. The quantitative estimate of drug-likeness (QED) is 0.440. The zero-order chi connectivity index (χ0) is 25.2. The number of halogens is 2. The van der Waals surface area contributed by atoms with Gasteiger partial charge in [0.2, 0.25) is 5.91 Å². The molecule has 186 valence electrons. The number of benzene rings is 2. The van der Waals surface area contributed by atoms with E-state index in [-0.39, 0.29) is 25.6 Å². The molecular formula is C26H28F2N2O5. The van der Waals surface area contributed by atoms with Gasteiger partial charge in [-0.3, -0.25) is 9.59 Å². The molecule has 2 aliphatic rings. The average Bonchev–Trinajstić information content (AvgIpc) is 3.24. The van der Waals surface area contributed by atoms with Crippen LogP contribution in [-0.4, -0.2) is 48.7 Å². The molecule has 9 heteroatoms. The van der Waals surface area contributed by atoms with Gasteiger partial charge in [0.1, 0.15) is 12.5 Å². The van der Waals surface area contributed by atoms with Gasteiger partial charge in [0, 0.05) is 19.0 Å². The molecule has 1 saturated carbocycles. The molecule has 3 unspecified atom stereocenters. The van der Waals surface area contributed by atoms with Crippen molar-refractivity contribution < 1.29 is 33.0 Å². The van der Waals surface area contributed by atoms with E-state index in [0.29, 0.717) is 12.8 Å². The number of carboxylic acids is 1. The monoisotopic (exact) mass is 486 g/mol. The Hall–Kier alpha value is -3.49. The number of alkyl halides is 2. The number of alkyl carbamates (subject to hydrolysis) is 1. The Balaban J connectivity index is 1.23. The van der Waals surface area contributed by atoms with Crippen LogP contribution in [0.5, 0.6) is 0 Å². The van der Waals surface area contributed by atoms with Crippen LogP contribution in [0.25, 0.3) is 11.1 Å². The van der Waals surface area contributed by atoms with E-state index in [4.69, 9.17) is 9.84 Å². The summed E-state index contributed by atoms with van der Waals surface area (Å²) in [5.41, 5.74) is 4.26. The van der Waals surface area contributed by atoms with Crippen LogP contribution in [0, 0.1) is 17.8 Å². The fourth-order valence-electron chi connectivity index (χ4n) is 4.70. The summed E-state index contributed by atoms with van der Waals surface area (Å²) in [5.74, 6) is -8.48. The molecule has 2 amide bonds.